The highest BCUT2D eigenvalue weighted by molar-refractivity contribution is 6.32. The molecule has 8 nitrogen and oxygen atoms in total. The van der Waals surface area contributed by atoms with E-state index in [0.29, 0.717) is 24.4 Å². The van der Waals surface area contributed by atoms with E-state index in [2.05, 4.69) is 4.98 Å². The number of nitrogens with zero attached hydrogens (tertiary/aromatic N) is 3. The summed E-state index contributed by atoms with van der Waals surface area (Å²) in [7, 11) is 0. The maximum atomic E-state index is 15.1. The van der Waals surface area contributed by atoms with E-state index in [-0.39, 0.29) is 13.1 Å². The van der Waals surface area contributed by atoms with Crippen LogP contribution in [0.3, 0.4) is 0 Å². The number of anilines is 1. The first kappa shape index (κ1) is 27.7. The van der Waals surface area contributed by atoms with E-state index >= 15 is 4.39 Å². The van der Waals surface area contributed by atoms with Gasteiger partial charge in [-0.2, -0.15) is 13.2 Å². The van der Waals surface area contributed by atoms with Gasteiger partial charge in [-0.25, -0.2) is 18.2 Å². The fourth-order valence-corrected chi connectivity index (χ4v) is 4.41. The van der Waals surface area contributed by atoms with E-state index in [1.165, 1.54) is 0 Å². The largest absolute Gasteiger partial charge is 0.408 e. The van der Waals surface area contributed by atoms with Crippen LogP contribution in [-0.4, -0.2) is 63.2 Å². The predicted molar refractivity (Wildman–Crippen MR) is 124 cm³/mol. The first-order chi connectivity index (χ1) is 17.7. The molecule has 0 aliphatic carbocycles. The van der Waals surface area contributed by atoms with Gasteiger partial charge in [0.05, 0.1) is 22.6 Å². The van der Waals surface area contributed by atoms with Crippen molar-refractivity contribution in [1.29, 1.82) is 0 Å². The van der Waals surface area contributed by atoms with Gasteiger partial charge in [0.25, 0.3) is 5.91 Å². The number of halogens is 7. The Morgan fingerprint density at radius 2 is 1.79 bits per heavy atom. The summed E-state index contributed by atoms with van der Waals surface area (Å²) < 4.78 is 84.2. The van der Waals surface area contributed by atoms with Crippen molar-refractivity contribution in [3.63, 3.8) is 0 Å². The minimum absolute atomic E-state index is 0.247. The van der Waals surface area contributed by atoms with E-state index in [0.717, 1.165) is 16.4 Å². The van der Waals surface area contributed by atoms with Crippen LogP contribution in [0.15, 0.2) is 29.2 Å². The van der Waals surface area contributed by atoms with E-state index in [1.807, 2.05) is 0 Å². The third-order valence-corrected chi connectivity index (χ3v) is 6.34. The average molecular weight is 565 g/mol. The van der Waals surface area contributed by atoms with E-state index in [1.54, 1.807) is 5.32 Å². The Bertz CT molecular complexity index is 1450. The molecule has 3 heterocycles. The zero-order valence-electron chi connectivity index (χ0n) is 19.4. The van der Waals surface area contributed by atoms with Gasteiger partial charge in [0.1, 0.15) is 23.1 Å². The van der Waals surface area contributed by atoms with Gasteiger partial charge in [0.15, 0.2) is 23.1 Å². The molecule has 38 heavy (non-hydrogen) atoms. The van der Waals surface area contributed by atoms with Crippen LogP contribution in [0.5, 0.6) is 0 Å². The topological polar surface area (TPSA) is 108 Å². The average Bonchev–Trinajstić information content (AvgIpc) is 3.14. The quantitative estimate of drug-likeness (QED) is 0.411. The monoisotopic (exact) mass is 564 g/mol. The maximum Gasteiger partial charge on any atom is 0.408 e. The van der Waals surface area contributed by atoms with Crippen molar-refractivity contribution in [2.75, 3.05) is 18.0 Å². The summed E-state index contributed by atoms with van der Waals surface area (Å²) in [6.07, 6.45) is -7.23. The molecule has 15 heteroatoms. The van der Waals surface area contributed by atoms with Crippen LogP contribution in [0.1, 0.15) is 23.7 Å². The Morgan fingerprint density at radius 3 is 2.34 bits per heavy atom. The number of nitrogens with one attached hydrogen (secondary N) is 1. The second-order valence-electron chi connectivity index (χ2n) is 8.64. The molecule has 1 aromatic carbocycles. The van der Waals surface area contributed by atoms with Crippen molar-refractivity contribution in [3.8, 4) is 5.69 Å². The normalized spacial score (nSPS) is 18.7. The molecule has 0 spiro atoms. The molecule has 0 radical (unpaired) electrons. The lowest BCUT2D eigenvalue weighted by molar-refractivity contribution is -0.153. The molecule has 1 aliphatic heterocycles. The van der Waals surface area contributed by atoms with Gasteiger partial charge < -0.3 is 20.4 Å². The number of carbonyl (C=O) groups is 1. The Hall–Kier alpha value is -3.36. The van der Waals surface area contributed by atoms with Crippen molar-refractivity contribution in [2.24, 2.45) is 0 Å². The lowest BCUT2D eigenvalue weighted by atomic mass is 10.1. The summed E-state index contributed by atoms with van der Waals surface area (Å²) in [6, 6.07) is -0.548. The summed E-state index contributed by atoms with van der Waals surface area (Å²) in [5.74, 6) is -5.43. The van der Waals surface area contributed by atoms with Gasteiger partial charge in [-0.15, -0.1) is 0 Å². The third-order valence-electron chi connectivity index (χ3n) is 6.05. The zero-order valence-corrected chi connectivity index (χ0v) is 20.1. The number of benzene rings is 1. The molecule has 1 amide bonds. The highest BCUT2D eigenvalue weighted by atomic mass is 35.5. The summed E-state index contributed by atoms with van der Waals surface area (Å²) in [5.41, 5.74) is -3.24. The molecule has 0 saturated carbocycles. The molecule has 3 atom stereocenters. The number of fused-ring (bicyclic) bond motifs is 1. The summed E-state index contributed by atoms with van der Waals surface area (Å²) in [4.78, 5) is 31.1. The smallest absolute Gasteiger partial charge is 0.389 e. The number of alkyl halides is 3. The molecular weight excluding hydrogens is 546 g/mol. The maximum absolute atomic E-state index is 15.1. The van der Waals surface area contributed by atoms with Gasteiger partial charge in [-0.1, -0.05) is 18.5 Å². The Kier molecular flexibility index (Phi) is 7.34. The summed E-state index contributed by atoms with van der Waals surface area (Å²) in [6.45, 7) is 0.656. The fourth-order valence-electron chi connectivity index (χ4n) is 4.13. The number of aliphatic hydroxyl groups is 2. The van der Waals surface area contributed by atoms with Crippen LogP contribution < -0.4 is 15.6 Å². The van der Waals surface area contributed by atoms with E-state index in [4.69, 9.17) is 11.6 Å². The molecule has 1 saturated heterocycles. The minimum Gasteiger partial charge on any atom is -0.389 e. The predicted octanol–water partition coefficient (Wildman–Crippen LogP) is 3.07. The number of pyridine rings is 2. The number of aliphatic hydroxyl groups excluding tert-OH is 2. The number of amides is 1. The molecule has 4 rings (SSSR count). The summed E-state index contributed by atoms with van der Waals surface area (Å²) in [5, 5.41) is 20.2. The van der Waals surface area contributed by atoms with Crippen molar-refractivity contribution in [1.82, 2.24) is 14.9 Å². The zero-order chi connectivity index (χ0) is 28.1. The van der Waals surface area contributed by atoms with Gasteiger partial charge in [-0.3, -0.25) is 14.2 Å². The summed E-state index contributed by atoms with van der Waals surface area (Å²) >= 11 is 6.04. The lowest BCUT2D eigenvalue weighted by Crippen LogP contribution is -2.46. The number of aromatic nitrogens is 2. The molecule has 1 fully saturated rings. The van der Waals surface area contributed by atoms with Crippen molar-refractivity contribution in [3.05, 3.63) is 62.7 Å². The SMILES string of the molecule is CC[C@H](NC(=O)c1cn(-c2c(F)cc(F)cc2Cl)c2nc(N3C[C@@H](O)[C@H](O)C3)c(F)cc2c1=O)C(F)(F)F. The molecule has 0 unspecified atom stereocenters. The number of rotatable bonds is 5. The molecule has 2 aromatic heterocycles. The standard InChI is InChI=1S/C23H19ClF6N4O4/c1-2-17(23(28,29)30)31-22(38)11-6-34(18-12(24)3-9(25)4-13(18)26)20-10(19(11)37)5-14(27)21(32-20)33-7-15(35)16(36)8-33/h3-6,15-17,35-36H,2,7-8H2,1H3,(H,31,38)/t15-,16-,17+/m1/s1. The Labute approximate surface area is 215 Å². The van der Waals surface area contributed by atoms with Crippen molar-refractivity contribution in [2.45, 2.75) is 37.8 Å². The molecule has 0 bridgehead atoms. The molecule has 1 aliphatic rings. The number of β-amino-alcohol motifs (C(OH)–C–C–N with tert-alkyl or cyclic N) is 2. The Balaban J connectivity index is 1.99. The number of hydrogen-bond acceptors (Lipinski definition) is 6. The third kappa shape index (κ3) is 5.02. The lowest BCUT2D eigenvalue weighted by Gasteiger charge is -2.22. The van der Waals surface area contributed by atoms with Gasteiger partial charge in [0.2, 0.25) is 5.43 Å². The molecule has 204 valence electrons. The van der Waals surface area contributed by atoms with Crippen molar-refractivity contribution >= 4 is 34.4 Å². The van der Waals surface area contributed by atoms with E-state index < -0.39 is 92.8 Å². The second kappa shape index (κ2) is 10.1. The Morgan fingerprint density at radius 1 is 1.16 bits per heavy atom. The molecule has 3 N–H and O–H groups in total. The molecular formula is C23H19ClF6N4O4. The van der Waals surface area contributed by atoms with Crippen LogP contribution in [0.4, 0.5) is 32.2 Å². The first-order valence-electron chi connectivity index (χ1n) is 11.1. The van der Waals surface area contributed by atoms with Crippen LogP contribution in [-0.2, 0) is 0 Å². The van der Waals surface area contributed by atoms with Crippen LogP contribution >= 0.6 is 11.6 Å². The minimum atomic E-state index is -4.85. The number of carbonyl (C=O) groups excluding carboxylic acids is 1. The van der Waals surface area contributed by atoms with Gasteiger partial charge in [0, 0.05) is 25.4 Å². The van der Waals surface area contributed by atoms with Crippen LogP contribution in [0, 0.1) is 17.5 Å². The van der Waals surface area contributed by atoms with Gasteiger partial charge >= 0.3 is 6.18 Å². The van der Waals surface area contributed by atoms with Crippen LogP contribution in [0.25, 0.3) is 16.7 Å². The highest BCUT2D eigenvalue weighted by Crippen LogP contribution is 2.31. The van der Waals surface area contributed by atoms with E-state index in [9.17, 15) is 41.8 Å². The van der Waals surface area contributed by atoms with Crippen molar-refractivity contribution < 1.29 is 41.4 Å². The molecule has 3 aromatic rings. The second-order valence-corrected chi connectivity index (χ2v) is 9.05. The fraction of sp³-hybridized carbons (Fsp3) is 0.348. The number of hydrogen-bond donors (Lipinski definition) is 3. The van der Waals surface area contributed by atoms with Gasteiger partial charge in [-0.05, 0) is 18.6 Å². The van der Waals surface area contributed by atoms with Crippen LogP contribution in [0.2, 0.25) is 5.02 Å². The first-order valence-corrected chi connectivity index (χ1v) is 11.5. The highest BCUT2D eigenvalue weighted by Gasteiger charge is 2.40.